The zero-order chi connectivity index (χ0) is 11.5. The fraction of sp³-hybridized carbons (Fsp3) is 0.467. The minimum Gasteiger partial charge on any atom is -0.389 e. The molecule has 1 aromatic rings. The Balaban J connectivity index is 2.19. The van der Waals surface area contributed by atoms with Gasteiger partial charge in [0.2, 0.25) is 0 Å². The molecule has 16 heavy (non-hydrogen) atoms. The molecule has 0 aromatic heterocycles. The first-order valence-corrected chi connectivity index (χ1v) is 6.13. The summed E-state index contributed by atoms with van der Waals surface area (Å²) < 4.78 is 0. The summed E-state index contributed by atoms with van der Waals surface area (Å²) in [6, 6.07) is 8.73. The maximum Gasteiger partial charge on any atom is 0.0730 e. The number of hydrogen-bond acceptors (Lipinski definition) is 1. The molecule has 0 fully saturated rings. The third-order valence-electron chi connectivity index (χ3n) is 3.04. The van der Waals surface area contributed by atoms with Crippen molar-refractivity contribution in [3.8, 4) is 0 Å². The lowest BCUT2D eigenvalue weighted by molar-refractivity contribution is 0.223. The minimum atomic E-state index is -0.233. The number of aliphatic hydroxyl groups is 1. The van der Waals surface area contributed by atoms with Crippen LogP contribution in [0.25, 0.3) is 5.57 Å². The van der Waals surface area contributed by atoms with Crippen LogP contribution in [0.3, 0.4) is 0 Å². The molecular formula is C15H20O. The van der Waals surface area contributed by atoms with Crippen molar-refractivity contribution in [2.75, 3.05) is 0 Å². The van der Waals surface area contributed by atoms with Crippen molar-refractivity contribution in [3.63, 3.8) is 0 Å². The maximum absolute atomic E-state index is 9.50. The second-order valence-electron chi connectivity index (χ2n) is 5.10. The molecule has 0 heterocycles. The van der Waals surface area contributed by atoms with Gasteiger partial charge in [-0.1, -0.05) is 44.2 Å². The molecule has 0 saturated heterocycles. The largest absolute Gasteiger partial charge is 0.389 e. The molecule has 0 saturated carbocycles. The standard InChI is InChI=1S/C15H20O/c1-11(2)8-12-4-3-5-13(9-12)14-6-7-15(16)10-14/h3-5,9-11,15-16H,6-8H2,1-2H3. The molecule has 0 amide bonds. The Hall–Kier alpha value is -1.08. The summed E-state index contributed by atoms with van der Waals surface area (Å²) >= 11 is 0. The quantitative estimate of drug-likeness (QED) is 0.820. The van der Waals surface area contributed by atoms with E-state index in [1.807, 2.05) is 6.08 Å². The second-order valence-corrected chi connectivity index (χ2v) is 5.10. The van der Waals surface area contributed by atoms with Crippen LogP contribution < -0.4 is 0 Å². The van der Waals surface area contributed by atoms with Gasteiger partial charge in [-0.25, -0.2) is 0 Å². The Morgan fingerprint density at radius 1 is 1.38 bits per heavy atom. The van der Waals surface area contributed by atoms with E-state index < -0.39 is 0 Å². The van der Waals surface area contributed by atoms with Crippen molar-refractivity contribution in [1.29, 1.82) is 0 Å². The molecule has 1 aromatic carbocycles. The first-order valence-electron chi connectivity index (χ1n) is 6.13. The van der Waals surface area contributed by atoms with Crippen molar-refractivity contribution in [3.05, 3.63) is 41.5 Å². The summed E-state index contributed by atoms with van der Waals surface area (Å²) in [6.07, 6.45) is 4.78. The van der Waals surface area contributed by atoms with E-state index in [2.05, 4.69) is 38.1 Å². The van der Waals surface area contributed by atoms with Crippen LogP contribution >= 0.6 is 0 Å². The van der Waals surface area contributed by atoms with Crippen molar-refractivity contribution in [1.82, 2.24) is 0 Å². The lowest BCUT2D eigenvalue weighted by atomic mass is 9.98. The van der Waals surface area contributed by atoms with Crippen LogP contribution in [0.2, 0.25) is 0 Å². The zero-order valence-corrected chi connectivity index (χ0v) is 10.1. The fourth-order valence-electron chi connectivity index (χ4n) is 2.31. The Kier molecular flexibility index (Phi) is 3.45. The summed E-state index contributed by atoms with van der Waals surface area (Å²) in [4.78, 5) is 0. The summed E-state index contributed by atoms with van der Waals surface area (Å²) in [6.45, 7) is 4.48. The lowest BCUT2D eigenvalue weighted by Crippen LogP contribution is -1.94. The van der Waals surface area contributed by atoms with Crippen LogP contribution in [0.1, 0.15) is 37.8 Å². The van der Waals surface area contributed by atoms with E-state index in [1.165, 1.54) is 16.7 Å². The van der Waals surface area contributed by atoms with E-state index in [0.717, 1.165) is 19.3 Å². The Morgan fingerprint density at radius 3 is 2.81 bits per heavy atom. The molecule has 1 nitrogen and oxygen atoms in total. The first kappa shape index (κ1) is 11.4. The summed E-state index contributed by atoms with van der Waals surface area (Å²) in [5.41, 5.74) is 3.99. The van der Waals surface area contributed by atoms with Crippen LogP contribution in [0.5, 0.6) is 0 Å². The molecule has 2 rings (SSSR count). The first-order chi connectivity index (χ1) is 7.65. The molecule has 1 N–H and O–H groups in total. The molecule has 0 bridgehead atoms. The van der Waals surface area contributed by atoms with Gasteiger partial charge in [0, 0.05) is 0 Å². The Bertz CT molecular complexity index is 390. The van der Waals surface area contributed by atoms with Crippen LogP contribution in [0.4, 0.5) is 0 Å². The molecule has 0 radical (unpaired) electrons. The number of rotatable bonds is 3. The summed E-state index contributed by atoms with van der Waals surface area (Å²) in [5.74, 6) is 0.693. The number of aliphatic hydroxyl groups excluding tert-OH is 1. The van der Waals surface area contributed by atoms with Crippen LogP contribution in [0.15, 0.2) is 30.3 Å². The predicted octanol–water partition coefficient (Wildman–Crippen LogP) is 3.42. The van der Waals surface area contributed by atoms with Crippen molar-refractivity contribution in [2.45, 2.75) is 39.2 Å². The molecule has 1 heteroatoms. The molecule has 0 aliphatic heterocycles. The van der Waals surface area contributed by atoms with Gasteiger partial charge in [-0.15, -0.1) is 0 Å². The lowest BCUT2D eigenvalue weighted by Gasteiger charge is -2.08. The van der Waals surface area contributed by atoms with Crippen molar-refractivity contribution < 1.29 is 5.11 Å². The highest BCUT2D eigenvalue weighted by molar-refractivity contribution is 5.68. The van der Waals surface area contributed by atoms with Crippen LogP contribution in [-0.4, -0.2) is 11.2 Å². The van der Waals surface area contributed by atoms with Crippen LogP contribution in [-0.2, 0) is 6.42 Å². The van der Waals surface area contributed by atoms with Gasteiger partial charge in [0.05, 0.1) is 6.10 Å². The molecular weight excluding hydrogens is 196 g/mol. The van der Waals surface area contributed by atoms with Gasteiger partial charge in [-0.2, -0.15) is 0 Å². The van der Waals surface area contributed by atoms with Gasteiger partial charge in [0.15, 0.2) is 0 Å². The summed E-state index contributed by atoms with van der Waals surface area (Å²) in [7, 11) is 0. The average molecular weight is 216 g/mol. The molecule has 0 spiro atoms. The molecule has 1 atom stereocenters. The molecule has 1 aliphatic carbocycles. The van der Waals surface area contributed by atoms with Gasteiger partial charge >= 0.3 is 0 Å². The SMILES string of the molecule is CC(C)Cc1cccc(C2=CC(O)CC2)c1. The molecule has 1 aliphatic rings. The Morgan fingerprint density at radius 2 is 2.19 bits per heavy atom. The maximum atomic E-state index is 9.50. The molecule has 86 valence electrons. The highest BCUT2D eigenvalue weighted by Gasteiger charge is 2.14. The second kappa shape index (κ2) is 4.84. The van der Waals surface area contributed by atoms with Gasteiger partial charge < -0.3 is 5.11 Å². The monoisotopic (exact) mass is 216 g/mol. The van der Waals surface area contributed by atoms with E-state index in [4.69, 9.17) is 0 Å². The van der Waals surface area contributed by atoms with Crippen molar-refractivity contribution >= 4 is 5.57 Å². The van der Waals surface area contributed by atoms with E-state index in [-0.39, 0.29) is 6.10 Å². The smallest absolute Gasteiger partial charge is 0.0730 e. The van der Waals surface area contributed by atoms with Gasteiger partial charge in [0.1, 0.15) is 0 Å². The van der Waals surface area contributed by atoms with E-state index in [0.29, 0.717) is 5.92 Å². The van der Waals surface area contributed by atoms with E-state index >= 15 is 0 Å². The minimum absolute atomic E-state index is 0.233. The van der Waals surface area contributed by atoms with Crippen LogP contribution in [0, 0.1) is 5.92 Å². The predicted molar refractivity (Wildman–Crippen MR) is 68.2 cm³/mol. The van der Waals surface area contributed by atoms with Crippen molar-refractivity contribution in [2.24, 2.45) is 5.92 Å². The van der Waals surface area contributed by atoms with Gasteiger partial charge in [-0.05, 0) is 41.9 Å². The fourth-order valence-corrected chi connectivity index (χ4v) is 2.31. The van der Waals surface area contributed by atoms with Gasteiger partial charge in [-0.3, -0.25) is 0 Å². The highest BCUT2D eigenvalue weighted by atomic mass is 16.3. The third kappa shape index (κ3) is 2.73. The van der Waals surface area contributed by atoms with E-state index in [9.17, 15) is 5.11 Å². The number of hydrogen-bond donors (Lipinski definition) is 1. The topological polar surface area (TPSA) is 20.2 Å². The Labute approximate surface area is 97.8 Å². The average Bonchev–Trinajstić information content (AvgIpc) is 2.64. The number of benzene rings is 1. The zero-order valence-electron chi connectivity index (χ0n) is 10.1. The highest BCUT2D eigenvalue weighted by Crippen LogP contribution is 2.28. The molecule has 1 unspecified atom stereocenters. The number of allylic oxidation sites excluding steroid dienone is 1. The third-order valence-corrected chi connectivity index (χ3v) is 3.04. The normalized spacial score (nSPS) is 20.2. The van der Waals surface area contributed by atoms with E-state index in [1.54, 1.807) is 0 Å². The summed E-state index contributed by atoms with van der Waals surface area (Å²) in [5, 5.41) is 9.50. The van der Waals surface area contributed by atoms with Gasteiger partial charge in [0.25, 0.3) is 0 Å².